The minimum absolute atomic E-state index is 0.0108. The molecule has 22 heavy (non-hydrogen) atoms. The molecule has 0 atom stereocenters. The van der Waals surface area contributed by atoms with Crippen LogP contribution >= 0.6 is 0 Å². The molecule has 0 saturated heterocycles. The molecule has 0 aliphatic rings. The first-order valence-electron chi connectivity index (χ1n) is 6.50. The fourth-order valence-corrected chi connectivity index (χ4v) is 2.91. The van der Waals surface area contributed by atoms with Crippen LogP contribution in [-0.2, 0) is 16.4 Å². The molecule has 2 aromatic rings. The highest BCUT2D eigenvalue weighted by molar-refractivity contribution is 7.89. The van der Waals surface area contributed by atoms with Crippen LogP contribution in [0.25, 0.3) is 0 Å². The van der Waals surface area contributed by atoms with Crippen LogP contribution in [0, 0.1) is 11.6 Å². The van der Waals surface area contributed by atoms with E-state index in [2.05, 4.69) is 4.72 Å². The summed E-state index contributed by atoms with van der Waals surface area (Å²) in [5.74, 6) is -0.809. The van der Waals surface area contributed by atoms with Crippen LogP contribution in [0.4, 0.5) is 8.78 Å². The van der Waals surface area contributed by atoms with Crippen molar-refractivity contribution >= 4 is 10.0 Å². The van der Waals surface area contributed by atoms with Gasteiger partial charge in [-0.15, -0.1) is 0 Å². The van der Waals surface area contributed by atoms with E-state index in [1.165, 1.54) is 37.4 Å². The predicted octanol–water partition coefficient (Wildman–Crippen LogP) is 2.49. The van der Waals surface area contributed by atoms with Crippen LogP contribution in [0.1, 0.15) is 5.56 Å². The highest BCUT2D eigenvalue weighted by Gasteiger charge is 2.14. The number of benzene rings is 2. The van der Waals surface area contributed by atoms with Crippen molar-refractivity contribution in [2.24, 2.45) is 0 Å². The fraction of sp³-hybridized carbons (Fsp3) is 0.200. The Balaban J connectivity index is 2.00. The van der Waals surface area contributed by atoms with E-state index >= 15 is 0 Å². The van der Waals surface area contributed by atoms with E-state index in [-0.39, 0.29) is 23.4 Å². The molecule has 7 heteroatoms. The molecule has 0 aliphatic heterocycles. The molecule has 0 amide bonds. The van der Waals surface area contributed by atoms with Crippen LogP contribution in [-0.4, -0.2) is 22.1 Å². The number of methoxy groups -OCH3 is 1. The molecule has 118 valence electrons. The lowest BCUT2D eigenvalue weighted by molar-refractivity contribution is 0.414. The Morgan fingerprint density at radius 1 is 1.09 bits per heavy atom. The summed E-state index contributed by atoms with van der Waals surface area (Å²) in [6, 6.07) is 9.11. The zero-order chi connectivity index (χ0) is 16.2. The van der Waals surface area contributed by atoms with E-state index in [0.29, 0.717) is 5.75 Å². The van der Waals surface area contributed by atoms with Gasteiger partial charge in [-0.05, 0) is 42.3 Å². The second-order valence-corrected chi connectivity index (χ2v) is 6.33. The third-order valence-electron chi connectivity index (χ3n) is 3.07. The summed E-state index contributed by atoms with van der Waals surface area (Å²) < 4.78 is 57.7. The van der Waals surface area contributed by atoms with Crippen molar-refractivity contribution in [3.8, 4) is 5.75 Å². The number of sulfonamides is 1. The van der Waals surface area contributed by atoms with Gasteiger partial charge in [-0.2, -0.15) is 0 Å². The minimum atomic E-state index is -3.68. The minimum Gasteiger partial charge on any atom is -0.497 e. The van der Waals surface area contributed by atoms with Crippen LogP contribution in [0.5, 0.6) is 5.75 Å². The van der Waals surface area contributed by atoms with Crippen LogP contribution < -0.4 is 9.46 Å². The van der Waals surface area contributed by atoms with Crippen molar-refractivity contribution in [1.29, 1.82) is 0 Å². The van der Waals surface area contributed by atoms with Gasteiger partial charge in [-0.25, -0.2) is 21.9 Å². The summed E-state index contributed by atoms with van der Waals surface area (Å²) in [5, 5.41) is 0. The molecule has 0 aliphatic carbocycles. The Kier molecular flexibility index (Phi) is 5.10. The highest BCUT2D eigenvalue weighted by atomic mass is 32.2. The van der Waals surface area contributed by atoms with Crippen LogP contribution in [0.15, 0.2) is 47.4 Å². The highest BCUT2D eigenvalue weighted by Crippen LogP contribution is 2.15. The summed E-state index contributed by atoms with van der Waals surface area (Å²) in [5.41, 5.74) is 0.249. The molecule has 0 radical (unpaired) electrons. The quantitative estimate of drug-likeness (QED) is 0.887. The lowest BCUT2D eigenvalue weighted by Crippen LogP contribution is -2.26. The average Bonchev–Trinajstić information content (AvgIpc) is 2.49. The van der Waals surface area contributed by atoms with Gasteiger partial charge >= 0.3 is 0 Å². The van der Waals surface area contributed by atoms with E-state index in [0.717, 1.165) is 12.1 Å². The maximum absolute atomic E-state index is 13.4. The molecule has 1 N–H and O–H groups in total. The molecule has 0 aromatic heterocycles. The van der Waals surface area contributed by atoms with Crippen molar-refractivity contribution < 1.29 is 21.9 Å². The fourth-order valence-electron chi connectivity index (χ4n) is 1.88. The van der Waals surface area contributed by atoms with Crippen molar-refractivity contribution in [2.45, 2.75) is 11.3 Å². The smallest absolute Gasteiger partial charge is 0.240 e. The number of hydrogen-bond donors (Lipinski definition) is 1. The Bertz CT molecular complexity index is 746. The maximum atomic E-state index is 13.4. The number of ether oxygens (including phenoxy) is 1. The Morgan fingerprint density at radius 2 is 1.77 bits per heavy atom. The van der Waals surface area contributed by atoms with Gasteiger partial charge in [0.2, 0.25) is 10.0 Å². The zero-order valence-electron chi connectivity index (χ0n) is 11.8. The molecule has 4 nitrogen and oxygen atoms in total. The topological polar surface area (TPSA) is 55.4 Å². The van der Waals surface area contributed by atoms with Crippen molar-refractivity contribution in [1.82, 2.24) is 4.72 Å². The molecule has 2 aromatic carbocycles. The van der Waals surface area contributed by atoms with E-state index < -0.39 is 21.7 Å². The number of rotatable bonds is 6. The first-order chi connectivity index (χ1) is 10.4. The molecule has 0 fully saturated rings. The van der Waals surface area contributed by atoms with Gasteiger partial charge in [0.05, 0.1) is 12.0 Å². The standard InChI is InChI=1S/C15H15F2NO3S/c1-21-13-4-6-14(7-5-13)22(19,20)18-9-8-11-2-3-12(16)10-15(11)17/h2-7,10,18H,8-9H2,1H3. The summed E-state index contributed by atoms with van der Waals surface area (Å²) in [6.07, 6.45) is 0.126. The number of nitrogens with one attached hydrogen (secondary N) is 1. The maximum Gasteiger partial charge on any atom is 0.240 e. The van der Waals surface area contributed by atoms with Crippen molar-refractivity contribution in [2.75, 3.05) is 13.7 Å². The van der Waals surface area contributed by atoms with Gasteiger partial charge in [0.25, 0.3) is 0 Å². The molecule has 2 rings (SSSR count). The number of halogens is 2. The molecule has 0 heterocycles. The third kappa shape index (κ3) is 4.02. The second-order valence-electron chi connectivity index (χ2n) is 4.56. The Hall–Kier alpha value is -1.99. The lowest BCUT2D eigenvalue weighted by atomic mass is 10.1. The Morgan fingerprint density at radius 3 is 2.36 bits per heavy atom. The number of hydrogen-bond acceptors (Lipinski definition) is 3. The zero-order valence-corrected chi connectivity index (χ0v) is 12.7. The van der Waals surface area contributed by atoms with E-state index in [9.17, 15) is 17.2 Å². The monoisotopic (exact) mass is 327 g/mol. The van der Waals surface area contributed by atoms with Crippen LogP contribution in [0.2, 0.25) is 0 Å². The van der Waals surface area contributed by atoms with E-state index in [4.69, 9.17) is 4.74 Å². The van der Waals surface area contributed by atoms with Gasteiger partial charge in [-0.1, -0.05) is 6.07 Å². The molecule has 0 bridgehead atoms. The predicted molar refractivity (Wildman–Crippen MR) is 78.2 cm³/mol. The molecular formula is C15H15F2NO3S. The SMILES string of the molecule is COc1ccc(S(=O)(=O)NCCc2ccc(F)cc2F)cc1. The molecule has 0 spiro atoms. The normalized spacial score (nSPS) is 11.4. The largest absolute Gasteiger partial charge is 0.497 e. The summed E-state index contributed by atoms with van der Waals surface area (Å²) in [4.78, 5) is 0.0906. The van der Waals surface area contributed by atoms with E-state index in [1.54, 1.807) is 0 Å². The molecule has 0 saturated carbocycles. The van der Waals surface area contributed by atoms with Gasteiger partial charge < -0.3 is 4.74 Å². The Labute approximate surface area is 127 Å². The average molecular weight is 327 g/mol. The third-order valence-corrected chi connectivity index (χ3v) is 4.55. The van der Waals surface area contributed by atoms with Gasteiger partial charge in [0, 0.05) is 12.6 Å². The first-order valence-corrected chi connectivity index (χ1v) is 7.98. The molecule has 0 unspecified atom stereocenters. The summed E-state index contributed by atoms with van der Waals surface area (Å²) in [7, 11) is -2.19. The summed E-state index contributed by atoms with van der Waals surface area (Å²) >= 11 is 0. The van der Waals surface area contributed by atoms with Crippen molar-refractivity contribution in [3.05, 3.63) is 59.7 Å². The van der Waals surface area contributed by atoms with Crippen molar-refractivity contribution in [3.63, 3.8) is 0 Å². The van der Waals surface area contributed by atoms with E-state index in [1.807, 2.05) is 0 Å². The molecular weight excluding hydrogens is 312 g/mol. The second kappa shape index (κ2) is 6.85. The first kappa shape index (κ1) is 16.4. The van der Waals surface area contributed by atoms with Gasteiger partial charge in [0.1, 0.15) is 17.4 Å². The summed E-state index contributed by atoms with van der Waals surface area (Å²) in [6.45, 7) is 0.0108. The van der Waals surface area contributed by atoms with Crippen LogP contribution in [0.3, 0.4) is 0 Å². The lowest BCUT2D eigenvalue weighted by Gasteiger charge is -2.08. The van der Waals surface area contributed by atoms with Gasteiger partial charge in [-0.3, -0.25) is 0 Å². The van der Waals surface area contributed by atoms with Gasteiger partial charge in [0.15, 0.2) is 0 Å².